The van der Waals surface area contributed by atoms with E-state index in [1.807, 2.05) is 12.1 Å². The molecule has 0 saturated carbocycles. The highest BCUT2D eigenvalue weighted by molar-refractivity contribution is 5.77. The molecule has 13 heteroatoms. The van der Waals surface area contributed by atoms with Crippen LogP contribution in [-0.2, 0) is 26.4 Å². The summed E-state index contributed by atoms with van der Waals surface area (Å²) in [4.78, 5) is 31.9. The first-order valence-electron chi connectivity index (χ1n) is 17.2. The van der Waals surface area contributed by atoms with Crippen molar-refractivity contribution in [1.29, 1.82) is 0 Å². The van der Waals surface area contributed by atoms with Crippen LogP contribution in [0.25, 0.3) is 16.9 Å². The Labute approximate surface area is 288 Å². The van der Waals surface area contributed by atoms with Crippen molar-refractivity contribution in [3.05, 3.63) is 77.4 Å². The van der Waals surface area contributed by atoms with Crippen LogP contribution >= 0.6 is 0 Å². The van der Waals surface area contributed by atoms with E-state index in [1.165, 1.54) is 10.9 Å². The Morgan fingerprint density at radius 1 is 0.939 bits per heavy atom. The molecule has 4 heterocycles. The minimum absolute atomic E-state index is 0.251. The Kier molecular flexibility index (Phi) is 12.9. The average Bonchev–Trinajstić information content (AvgIpc) is 3.37. The molecule has 1 aliphatic rings. The zero-order chi connectivity index (χ0) is 34.6. The lowest BCUT2D eigenvalue weighted by Crippen LogP contribution is -2.47. The number of benzene rings is 1. The normalized spacial score (nSPS) is 14.1. The van der Waals surface area contributed by atoms with Crippen LogP contribution < -0.4 is 15.8 Å². The summed E-state index contributed by atoms with van der Waals surface area (Å²) in [5.41, 5.74) is 1.46. The molecular weight excluding hydrogens is 624 g/mol. The van der Waals surface area contributed by atoms with Gasteiger partial charge >= 0.3 is 0 Å². The molecule has 264 valence electrons. The van der Waals surface area contributed by atoms with E-state index in [0.717, 1.165) is 63.5 Å². The van der Waals surface area contributed by atoms with Crippen molar-refractivity contribution in [1.82, 2.24) is 29.2 Å². The number of unbranched alkanes of at least 4 members (excludes halogenated alkanes) is 1. The lowest BCUT2D eigenvalue weighted by molar-refractivity contribution is 0.00995. The second-order valence-corrected chi connectivity index (χ2v) is 12.5. The Hall–Kier alpha value is -4.14. The summed E-state index contributed by atoms with van der Waals surface area (Å²) in [5.74, 6) is 0.807. The van der Waals surface area contributed by atoms with E-state index in [1.54, 1.807) is 42.8 Å². The van der Waals surface area contributed by atoms with Gasteiger partial charge in [0.15, 0.2) is 11.5 Å². The van der Waals surface area contributed by atoms with Crippen LogP contribution in [0, 0.1) is 0 Å². The number of ether oxygens (including phenoxy) is 3. The van der Waals surface area contributed by atoms with Gasteiger partial charge in [-0.05, 0) is 56.7 Å². The van der Waals surface area contributed by atoms with E-state index >= 15 is 0 Å². The highest BCUT2D eigenvalue weighted by Crippen LogP contribution is 2.24. The molecule has 13 nitrogen and oxygen atoms in total. The fourth-order valence-electron chi connectivity index (χ4n) is 5.59. The summed E-state index contributed by atoms with van der Waals surface area (Å²) >= 11 is 0. The molecule has 49 heavy (non-hydrogen) atoms. The molecule has 0 radical (unpaired) electrons. The second kappa shape index (κ2) is 17.5. The van der Waals surface area contributed by atoms with E-state index < -0.39 is 5.60 Å². The highest BCUT2D eigenvalue weighted by Gasteiger charge is 2.22. The molecule has 2 N–H and O–H groups in total. The number of pyridine rings is 1. The molecule has 5 rings (SSSR count). The predicted molar refractivity (Wildman–Crippen MR) is 192 cm³/mol. The Bertz CT molecular complexity index is 1690. The number of anilines is 3. The van der Waals surface area contributed by atoms with Crippen LogP contribution in [0.1, 0.15) is 39.3 Å². The molecular formula is C36H50N8O5. The number of allylic oxidation sites excluding steroid dienone is 1. The van der Waals surface area contributed by atoms with Crippen LogP contribution in [0.3, 0.4) is 0 Å². The fraction of sp³-hybridized carbons (Fsp3) is 0.500. The maximum absolute atomic E-state index is 13.3. The van der Waals surface area contributed by atoms with Crippen molar-refractivity contribution in [3.8, 4) is 5.82 Å². The van der Waals surface area contributed by atoms with Crippen LogP contribution in [-0.4, -0.2) is 107 Å². The summed E-state index contributed by atoms with van der Waals surface area (Å²) in [6.07, 6.45) is 5.41. The molecule has 0 spiro atoms. The van der Waals surface area contributed by atoms with Crippen LogP contribution in [0.15, 0.2) is 66.1 Å². The van der Waals surface area contributed by atoms with Gasteiger partial charge < -0.3 is 29.5 Å². The number of hydrogen-bond acceptors (Lipinski definition) is 11. The summed E-state index contributed by atoms with van der Waals surface area (Å²) in [6, 6.07) is 13.5. The zero-order valence-electron chi connectivity index (χ0n) is 29.0. The van der Waals surface area contributed by atoms with E-state index in [0.29, 0.717) is 61.5 Å². The third kappa shape index (κ3) is 9.73. The molecule has 0 amide bonds. The predicted octanol–water partition coefficient (Wildman–Crippen LogP) is 4.11. The van der Waals surface area contributed by atoms with Crippen LogP contribution in [0.4, 0.5) is 17.3 Å². The highest BCUT2D eigenvalue weighted by atomic mass is 16.5. The standard InChI is InChI=1S/C36H50N8O5/c1-5-7-21-47-23-25-49-26-24-48-22-20-41-16-18-42(19-17-41)29-13-11-28(12-14-29)38-35-37-27-30-33(40-35)44(43(15-6-2)34(30)45)32-10-8-9-31(39-32)36(3,4)46/h6,8-14,27,46H,2,5,7,15-26H2,1,3-4H3,(H,37,38,40). The Balaban J connectivity index is 1.14. The minimum atomic E-state index is -1.15. The third-order valence-electron chi connectivity index (χ3n) is 8.35. The first-order chi connectivity index (χ1) is 23.8. The van der Waals surface area contributed by atoms with Crippen molar-refractivity contribution >= 4 is 28.4 Å². The van der Waals surface area contributed by atoms with Gasteiger partial charge in [0, 0.05) is 56.9 Å². The van der Waals surface area contributed by atoms with Gasteiger partial charge in [0.05, 0.1) is 45.3 Å². The number of aliphatic hydroxyl groups is 1. The molecule has 1 saturated heterocycles. The number of rotatable bonds is 19. The van der Waals surface area contributed by atoms with Crippen molar-refractivity contribution in [2.24, 2.45) is 0 Å². The largest absolute Gasteiger partial charge is 0.384 e. The van der Waals surface area contributed by atoms with Gasteiger partial charge in [-0.1, -0.05) is 25.5 Å². The molecule has 0 bridgehead atoms. The van der Waals surface area contributed by atoms with Gasteiger partial charge in [-0.3, -0.25) is 9.69 Å². The van der Waals surface area contributed by atoms with Gasteiger partial charge in [-0.2, -0.15) is 4.98 Å². The molecule has 0 aliphatic carbocycles. The van der Waals surface area contributed by atoms with E-state index in [4.69, 9.17) is 19.2 Å². The second-order valence-electron chi connectivity index (χ2n) is 12.5. The summed E-state index contributed by atoms with van der Waals surface area (Å²) in [5, 5.41) is 14.2. The fourth-order valence-corrected chi connectivity index (χ4v) is 5.59. The van der Waals surface area contributed by atoms with Crippen molar-refractivity contribution < 1.29 is 19.3 Å². The molecule has 1 fully saturated rings. The van der Waals surface area contributed by atoms with E-state index in [9.17, 15) is 9.90 Å². The van der Waals surface area contributed by atoms with Gasteiger partial charge in [0.1, 0.15) is 11.0 Å². The summed E-state index contributed by atoms with van der Waals surface area (Å²) < 4.78 is 20.0. The number of fused-ring (bicyclic) bond motifs is 1. The number of nitrogens with zero attached hydrogens (tertiary/aromatic N) is 7. The number of nitrogens with one attached hydrogen (secondary N) is 1. The van der Waals surface area contributed by atoms with Crippen molar-refractivity contribution in [2.45, 2.75) is 45.8 Å². The number of hydrogen-bond donors (Lipinski definition) is 2. The van der Waals surface area contributed by atoms with Gasteiger partial charge in [0.25, 0.3) is 5.56 Å². The average molecular weight is 675 g/mol. The lowest BCUT2D eigenvalue weighted by Gasteiger charge is -2.36. The third-order valence-corrected chi connectivity index (χ3v) is 8.35. The Morgan fingerprint density at radius 2 is 1.63 bits per heavy atom. The maximum Gasteiger partial charge on any atom is 0.278 e. The zero-order valence-corrected chi connectivity index (χ0v) is 29.0. The van der Waals surface area contributed by atoms with Crippen LogP contribution in [0.2, 0.25) is 0 Å². The molecule has 4 aromatic rings. The first-order valence-corrected chi connectivity index (χ1v) is 17.2. The maximum atomic E-state index is 13.3. The lowest BCUT2D eigenvalue weighted by atomic mass is 10.1. The topological polar surface area (TPSA) is 132 Å². The summed E-state index contributed by atoms with van der Waals surface area (Å²) in [7, 11) is 0. The molecule has 3 aromatic heterocycles. The van der Waals surface area contributed by atoms with E-state index in [2.05, 4.69) is 50.7 Å². The quantitative estimate of drug-likeness (QED) is 0.110. The minimum Gasteiger partial charge on any atom is -0.384 e. The van der Waals surface area contributed by atoms with Crippen LogP contribution in [0.5, 0.6) is 0 Å². The molecule has 1 aromatic carbocycles. The van der Waals surface area contributed by atoms with Crippen molar-refractivity contribution in [2.75, 3.05) is 82.6 Å². The molecule has 1 aliphatic heterocycles. The summed E-state index contributed by atoms with van der Waals surface area (Å²) in [6.45, 7) is 18.3. The molecule has 0 atom stereocenters. The smallest absolute Gasteiger partial charge is 0.278 e. The van der Waals surface area contributed by atoms with Gasteiger partial charge in [0.2, 0.25) is 5.95 Å². The van der Waals surface area contributed by atoms with Crippen molar-refractivity contribution in [3.63, 3.8) is 0 Å². The van der Waals surface area contributed by atoms with Gasteiger partial charge in [-0.25, -0.2) is 19.3 Å². The van der Waals surface area contributed by atoms with Gasteiger partial charge in [-0.15, -0.1) is 6.58 Å². The SMILES string of the molecule is C=CCn1c(=O)c2cnc(Nc3ccc(N4CCN(CCOCCOCCOCCCC)CC4)cc3)nc2n1-c1cccc(C(C)(C)O)n1. The van der Waals surface area contributed by atoms with E-state index in [-0.39, 0.29) is 12.1 Å². The molecule has 0 unspecified atom stereocenters. The Morgan fingerprint density at radius 3 is 2.31 bits per heavy atom. The monoisotopic (exact) mass is 674 g/mol. The first kappa shape index (κ1) is 36.1. The number of aromatic nitrogens is 5. The number of piperazine rings is 1.